The van der Waals surface area contributed by atoms with Gasteiger partial charge < -0.3 is 10.0 Å². The fourth-order valence-electron chi connectivity index (χ4n) is 2.46. The zero-order valence-corrected chi connectivity index (χ0v) is 12.2. The Morgan fingerprint density at radius 2 is 2.25 bits per heavy atom. The topological polar surface area (TPSA) is 66.3 Å². The van der Waals surface area contributed by atoms with Gasteiger partial charge in [0.05, 0.1) is 6.42 Å². The van der Waals surface area contributed by atoms with Crippen LogP contribution < -0.4 is 4.90 Å². The molecule has 0 bridgehead atoms. The zero-order chi connectivity index (χ0) is 14.1. The second-order valence-corrected chi connectivity index (χ2v) is 5.53. The minimum Gasteiger partial charge on any atom is -0.481 e. The average molecular weight is 334 g/mol. The van der Waals surface area contributed by atoms with E-state index in [-0.39, 0.29) is 6.42 Å². The summed E-state index contributed by atoms with van der Waals surface area (Å²) in [4.78, 5) is 21.2. The number of carboxylic acid groups (broad SMARTS) is 1. The number of nitrogens with zero attached hydrogens (tertiary/aromatic N) is 3. The molecule has 0 saturated heterocycles. The van der Waals surface area contributed by atoms with Gasteiger partial charge in [0.1, 0.15) is 12.1 Å². The Hall–Kier alpha value is -1.95. The predicted molar refractivity (Wildman–Crippen MR) is 77.4 cm³/mol. The minimum absolute atomic E-state index is 0.0653. The summed E-state index contributed by atoms with van der Waals surface area (Å²) in [6.45, 7) is 1.46. The molecule has 1 aliphatic rings. The van der Waals surface area contributed by atoms with Crippen LogP contribution in [0.25, 0.3) is 0 Å². The highest BCUT2D eigenvalue weighted by molar-refractivity contribution is 9.10. The van der Waals surface area contributed by atoms with E-state index >= 15 is 0 Å². The second kappa shape index (κ2) is 5.20. The summed E-state index contributed by atoms with van der Waals surface area (Å²) < 4.78 is 1.08. The van der Waals surface area contributed by atoms with Crippen molar-refractivity contribution in [1.82, 2.24) is 9.97 Å². The molecule has 102 valence electrons. The van der Waals surface area contributed by atoms with Gasteiger partial charge in [-0.25, -0.2) is 9.97 Å². The standard InChI is InChI=1S/C14H12BrN3O2/c15-12-3-1-2-9-6-18(7-11(9)12)14-10(4-13(19)20)5-16-8-17-14/h1-3,5,8H,4,6-7H2,(H,19,20). The van der Waals surface area contributed by atoms with Gasteiger partial charge in [-0.2, -0.15) is 0 Å². The summed E-state index contributed by atoms with van der Waals surface area (Å²) >= 11 is 3.55. The van der Waals surface area contributed by atoms with Gasteiger partial charge in [0.25, 0.3) is 0 Å². The van der Waals surface area contributed by atoms with E-state index in [1.807, 2.05) is 12.1 Å². The maximum absolute atomic E-state index is 10.9. The van der Waals surface area contributed by atoms with E-state index in [9.17, 15) is 4.79 Å². The third-order valence-corrected chi connectivity index (χ3v) is 4.07. The van der Waals surface area contributed by atoms with Crippen molar-refractivity contribution in [2.45, 2.75) is 19.5 Å². The summed E-state index contributed by atoms with van der Waals surface area (Å²) in [7, 11) is 0. The number of aromatic nitrogens is 2. The maximum Gasteiger partial charge on any atom is 0.308 e. The van der Waals surface area contributed by atoms with Crippen LogP contribution in [0, 0.1) is 0 Å². The summed E-state index contributed by atoms with van der Waals surface area (Å²) in [5, 5.41) is 8.97. The molecule has 0 unspecified atom stereocenters. The van der Waals surface area contributed by atoms with Gasteiger partial charge in [-0.05, 0) is 17.2 Å². The minimum atomic E-state index is -0.876. The molecule has 2 heterocycles. The quantitative estimate of drug-likeness (QED) is 0.934. The molecule has 0 saturated carbocycles. The molecule has 1 aromatic heterocycles. The number of rotatable bonds is 3. The molecule has 6 heteroatoms. The lowest BCUT2D eigenvalue weighted by molar-refractivity contribution is -0.136. The zero-order valence-electron chi connectivity index (χ0n) is 10.6. The Labute approximate surface area is 124 Å². The van der Waals surface area contributed by atoms with Crippen LogP contribution in [0.1, 0.15) is 16.7 Å². The Morgan fingerprint density at radius 1 is 1.40 bits per heavy atom. The molecule has 1 N–H and O–H groups in total. The van der Waals surface area contributed by atoms with E-state index in [0.29, 0.717) is 11.4 Å². The molecule has 3 rings (SSSR count). The first-order chi connectivity index (χ1) is 9.65. The van der Waals surface area contributed by atoms with Gasteiger partial charge in [0, 0.05) is 29.3 Å². The van der Waals surface area contributed by atoms with E-state index < -0.39 is 5.97 Å². The van der Waals surface area contributed by atoms with E-state index in [1.165, 1.54) is 17.5 Å². The number of hydrogen-bond acceptors (Lipinski definition) is 4. The third-order valence-electron chi connectivity index (χ3n) is 3.33. The lowest BCUT2D eigenvalue weighted by atomic mass is 10.1. The lowest BCUT2D eigenvalue weighted by Gasteiger charge is -2.18. The molecule has 2 aromatic rings. The Kier molecular flexibility index (Phi) is 3.40. The van der Waals surface area contributed by atoms with Crippen LogP contribution in [0.15, 0.2) is 35.2 Å². The molecule has 5 nitrogen and oxygen atoms in total. The maximum atomic E-state index is 10.9. The lowest BCUT2D eigenvalue weighted by Crippen LogP contribution is -2.19. The van der Waals surface area contributed by atoms with Crippen LogP contribution in [-0.2, 0) is 24.3 Å². The smallest absolute Gasteiger partial charge is 0.308 e. The molecule has 0 aliphatic carbocycles. The number of benzene rings is 1. The Balaban J connectivity index is 1.93. The molecule has 0 spiro atoms. The average Bonchev–Trinajstić information content (AvgIpc) is 2.84. The van der Waals surface area contributed by atoms with Gasteiger partial charge in [-0.3, -0.25) is 4.79 Å². The SMILES string of the molecule is O=C(O)Cc1cncnc1N1Cc2cccc(Br)c2C1. The highest BCUT2D eigenvalue weighted by atomic mass is 79.9. The molecule has 0 fully saturated rings. The first-order valence-electron chi connectivity index (χ1n) is 6.17. The highest BCUT2D eigenvalue weighted by Crippen LogP contribution is 2.33. The van der Waals surface area contributed by atoms with E-state index in [0.717, 1.165) is 17.6 Å². The monoisotopic (exact) mass is 333 g/mol. The normalized spacial score (nSPS) is 13.3. The predicted octanol–water partition coefficient (Wildman–Crippen LogP) is 2.39. The number of halogens is 1. The first kappa shape index (κ1) is 13.1. The molecule has 0 amide bonds. The van der Waals surface area contributed by atoms with Crippen LogP contribution in [0.2, 0.25) is 0 Å². The van der Waals surface area contributed by atoms with Crippen LogP contribution in [0.3, 0.4) is 0 Å². The molecular weight excluding hydrogens is 322 g/mol. The molecule has 0 radical (unpaired) electrons. The fraction of sp³-hybridized carbons (Fsp3) is 0.214. The van der Waals surface area contributed by atoms with Gasteiger partial charge in [-0.1, -0.05) is 28.1 Å². The van der Waals surface area contributed by atoms with E-state index in [2.05, 4.69) is 36.9 Å². The van der Waals surface area contributed by atoms with Crippen molar-refractivity contribution in [1.29, 1.82) is 0 Å². The Morgan fingerprint density at radius 3 is 3.00 bits per heavy atom. The van der Waals surface area contributed by atoms with Crippen molar-refractivity contribution in [3.63, 3.8) is 0 Å². The number of aliphatic carboxylic acids is 1. The molecule has 0 atom stereocenters. The molecule has 20 heavy (non-hydrogen) atoms. The van der Waals surface area contributed by atoms with Crippen LogP contribution in [-0.4, -0.2) is 21.0 Å². The third kappa shape index (κ3) is 2.38. The van der Waals surface area contributed by atoms with Crippen molar-refractivity contribution in [3.05, 3.63) is 51.9 Å². The van der Waals surface area contributed by atoms with Crippen LogP contribution in [0.4, 0.5) is 5.82 Å². The van der Waals surface area contributed by atoms with Gasteiger partial charge in [0.15, 0.2) is 0 Å². The van der Waals surface area contributed by atoms with Crippen LogP contribution in [0.5, 0.6) is 0 Å². The van der Waals surface area contributed by atoms with Crippen LogP contribution >= 0.6 is 15.9 Å². The number of hydrogen-bond donors (Lipinski definition) is 1. The number of carbonyl (C=O) groups is 1. The van der Waals surface area contributed by atoms with E-state index in [4.69, 9.17) is 5.11 Å². The second-order valence-electron chi connectivity index (χ2n) is 4.68. The molecule has 1 aliphatic heterocycles. The molecular formula is C14H12BrN3O2. The number of fused-ring (bicyclic) bond motifs is 1. The molecule has 1 aromatic carbocycles. The number of anilines is 1. The van der Waals surface area contributed by atoms with E-state index in [1.54, 1.807) is 6.20 Å². The van der Waals surface area contributed by atoms with Crippen molar-refractivity contribution in [2.24, 2.45) is 0 Å². The Bertz CT molecular complexity index is 675. The van der Waals surface area contributed by atoms with Crippen molar-refractivity contribution < 1.29 is 9.90 Å². The summed E-state index contributed by atoms with van der Waals surface area (Å²) in [6.07, 6.45) is 2.97. The fourth-order valence-corrected chi connectivity index (χ4v) is 2.99. The summed E-state index contributed by atoms with van der Waals surface area (Å²) in [6, 6.07) is 6.10. The highest BCUT2D eigenvalue weighted by Gasteiger charge is 2.24. The van der Waals surface area contributed by atoms with Crippen molar-refractivity contribution >= 4 is 27.7 Å². The van der Waals surface area contributed by atoms with Gasteiger partial charge in [-0.15, -0.1) is 0 Å². The van der Waals surface area contributed by atoms with Gasteiger partial charge >= 0.3 is 5.97 Å². The van der Waals surface area contributed by atoms with Gasteiger partial charge in [0.2, 0.25) is 0 Å². The number of carboxylic acids is 1. The summed E-state index contributed by atoms with van der Waals surface area (Å²) in [5.41, 5.74) is 3.11. The summed E-state index contributed by atoms with van der Waals surface area (Å²) in [5.74, 6) is -0.176. The van der Waals surface area contributed by atoms with Crippen molar-refractivity contribution in [3.8, 4) is 0 Å². The largest absolute Gasteiger partial charge is 0.481 e. The first-order valence-corrected chi connectivity index (χ1v) is 6.96. The van der Waals surface area contributed by atoms with Crippen molar-refractivity contribution in [2.75, 3.05) is 4.90 Å².